The molecule has 0 bridgehead atoms. The number of hydrogen-bond acceptors (Lipinski definition) is 3. The van der Waals surface area contributed by atoms with E-state index in [1.54, 1.807) is 6.20 Å². The summed E-state index contributed by atoms with van der Waals surface area (Å²) in [7, 11) is 3.95. The second-order valence-electron chi connectivity index (χ2n) is 4.79. The minimum atomic E-state index is -0.352. The van der Waals surface area contributed by atoms with Crippen LogP contribution in [0.4, 0.5) is 15.8 Å². The highest BCUT2D eigenvalue weighted by molar-refractivity contribution is 6.04. The lowest BCUT2D eigenvalue weighted by molar-refractivity contribution is 0.104. The zero-order valence-corrected chi connectivity index (χ0v) is 12.0. The van der Waals surface area contributed by atoms with Crippen molar-refractivity contribution in [1.29, 1.82) is 0 Å². The van der Waals surface area contributed by atoms with Crippen LogP contribution in [0, 0.1) is 5.82 Å². The van der Waals surface area contributed by atoms with E-state index in [0.29, 0.717) is 5.56 Å². The van der Waals surface area contributed by atoms with Crippen molar-refractivity contribution in [3.8, 4) is 0 Å². The third-order valence-electron chi connectivity index (χ3n) is 3.00. The highest BCUT2D eigenvalue weighted by Gasteiger charge is 2.01. The van der Waals surface area contributed by atoms with Crippen molar-refractivity contribution in [2.45, 2.75) is 0 Å². The first-order valence-electron chi connectivity index (χ1n) is 6.56. The first-order chi connectivity index (χ1) is 10.1. The molecule has 0 amide bonds. The molecule has 2 aromatic carbocycles. The molecular weight excluding hydrogens is 266 g/mol. The van der Waals surface area contributed by atoms with Crippen LogP contribution in [0.5, 0.6) is 0 Å². The Morgan fingerprint density at radius 2 is 1.67 bits per heavy atom. The summed E-state index contributed by atoms with van der Waals surface area (Å²) in [6.45, 7) is 0. The Balaban J connectivity index is 1.95. The van der Waals surface area contributed by atoms with Gasteiger partial charge in [-0.3, -0.25) is 4.79 Å². The van der Waals surface area contributed by atoms with E-state index in [1.807, 2.05) is 43.3 Å². The number of rotatable bonds is 5. The van der Waals surface area contributed by atoms with Gasteiger partial charge >= 0.3 is 0 Å². The number of halogens is 1. The number of carbonyl (C=O) groups excluding carboxylic acids is 1. The lowest BCUT2D eigenvalue weighted by atomic mass is 10.1. The first kappa shape index (κ1) is 14.8. The van der Waals surface area contributed by atoms with E-state index >= 15 is 0 Å². The fourth-order valence-corrected chi connectivity index (χ4v) is 1.78. The number of allylic oxidation sites excluding steroid dienone is 1. The molecule has 2 rings (SSSR count). The predicted molar refractivity (Wildman–Crippen MR) is 84.3 cm³/mol. The normalized spacial score (nSPS) is 10.6. The molecule has 0 aliphatic rings. The average Bonchev–Trinajstić information content (AvgIpc) is 2.48. The average molecular weight is 283 g/mol. The van der Waals surface area contributed by atoms with Gasteiger partial charge in [0.25, 0.3) is 0 Å². The van der Waals surface area contributed by atoms with E-state index in [0.717, 1.165) is 11.4 Å². The maximum absolute atomic E-state index is 12.8. The first-order valence-corrected chi connectivity index (χ1v) is 6.56. The minimum Gasteiger partial charge on any atom is -0.378 e. The van der Waals surface area contributed by atoms with Crippen LogP contribution in [0.2, 0.25) is 0 Å². The lowest BCUT2D eigenvalue weighted by Crippen LogP contribution is -2.08. The highest BCUT2D eigenvalue weighted by Crippen LogP contribution is 2.15. The van der Waals surface area contributed by atoms with Gasteiger partial charge in [0.2, 0.25) is 0 Å². The van der Waals surface area contributed by atoms with Crippen LogP contribution in [-0.2, 0) is 0 Å². The van der Waals surface area contributed by atoms with Crippen molar-refractivity contribution in [1.82, 2.24) is 0 Å². The maximum atomic E-state index is 12.8. The molecule has 0 saturated carbocycles. The van der Waals surface area contributed by atoms with Gasteiger partial charge in [0.15, 0.2) is 5.78 Å². The van der Waals surface area contributed by atoms with Crippen molar-refractivity contribution in [3.05, 3.63) is 72.2 Å². The standard InChI is InChI=1S/C17H17FN2O/c1-20(2)16-9-7-15(8-10-16)19-12-11-17(21)13-3-5-14(18)6-4-13/h3-12,19H,1-2H3/i18-1. The summed E-state index contributed by atoms with van der Waals surface area (Å²) in [6.07, 6.45) is 3.00. The zero-order chi connectivity index (χ0) is 15.2. The minimum absolute atomic E-state index is 0.174. The summed E-state index contributed by atoms with van der Waals surface area (Å²) in [5.41, 5.74) is 2.45. The molecule has 0 heterocycles. The van der Waals surface area contributed by atoms with Crippen LogP contribution in [-0.4, -0.2) is 19.9 Å². The quantitative estimate of drug-likeness (QED) is 0.671. The van der Waals surface area contributed by atoms with E-state index < -0.39 is 0 Å². The highest BCUT2D eigenvalue weighted by atomic mass is 18.2. The van der Waals surface area contributed by atoms with E-state index in [-0.39, 0.29) is 11.6 Å². The van der Waals surface area contributed by atoms with Gasteiger partial charge in [-0.1, -0.05) is 0 Å². The molecule has 3 nitrogen and oxygen atoms in total. The van der Waals surface area contributed by atoms with Crippen LogP contribution < -0.4 is 10.2 Å². The van der Waals surface area contributed by atoms with Crippen LogP contribution in [0.1, 0.15) is 10.4 Å². The van der Waals surface area contributed by atoms with Crippen molar-refractivity contribution in [2.75, 3.05) is 24.3 Å². The number of benzene rings is 2. The Hall–Kier alpha value is -2.62. The van der Waals surface area contributed by atoms with Crippen LogP contribution in [0.3, 0.4) is 0 Å². The number of carbonyl (C=O) groups is 1. The number of ketones is 1. The summed E-state index contributed by atoms with van der Waals surface area (Å²) >= 11 is 0. The summed E-state index contributed by atoms with van der Waals surface area (Å²) in [5.74, 6) is -0.526. The molecule has 0 radical (unpaired) electrons. The molecule has 0 aliphatic carbocycles. The van der Waals surface area contributed by atoms with Crippen molar-refractivity contribution in [2.24, 2.45) is 0 Å². The Labute approximate surface area is 123 Å². The largest absolute Gasteiger partial charge is 0.378 e. The molecule has 0 atom stereocenters. The summed E-state index contributed by atoms with van der Waals surface area (Å²) in [4.78, 5) is 13.8. The Bertz CT molecular complexity index is 631. The summed E-state index contributed by atoms with van der Waals surface area (Å²) < 4.78 is 12.8. The molecule has 2 aromatic rings. The fourth-order valence-electron chi connectivity index (χ4n) is 1.78. The molecule has 0 aromatic heterocycles. The molecule has 108 valence electrons. The van der Waals surface area contributed by atoms with Gasteiger partial charge in [-0.2, -0.15) is 0 Å². The van der Waals surface area contributed by atoms with Gasteiger partial charge < -0.3 is 10.2 Å². The van der Waals surface area contributed by atoms with Gasteiger partial charge in [0.05, 0.1) is 0 Å². The van der Waals surface area contributed by atoms with Gasteiger partial charge in [0.1, 0.15) is 5.82 Å². The van der Waals surface area contributed by atoms with E-state index in [1.165, 1.54) is 30.3 Å². The zero-order valence-electron chi connectivity index (χ0n) is 12.0. The molecule has 4 heteroatoms. The van der Waals surface area contributed by atoms with Crippen LogP contribution in [0.25, 0.3) is 0 Å². The van der Waals surface area contributed by atoms with Crippen molar-refractivity contribution < 1.29 is 9.18 Å². The van der Waals surface area contributed by atoms with Crippen molar-refractivity contribution in [3.63, 3.8) is 0 Å². The molecule has 0 saturated heterocycles. The number of nitrogens with one attached hydrogen (secondary N) is 1. The summed E-state index contributed by atoms with van der Waals surface area (Å²) in [6, 6.07) is 13.3. The Kier molecular flexibility index (Phi) is 4.72. The number of nitrogens with zero attached hydrogens (tertiary/aromatic N) is 1. The molecule has 0 aliphatic heterocycles. The van der Waals surface area contributed by atoms with Gasteiger partial charge in [-0.15, -0.1) is 0 Å². The van der Waals surface area contributed by atoms with Crippen molar-refractivity contribution >= 4 is 17.2 Å². The molecule has 0 unspecified atom stereocenters. The van der Waals surface area contributed by atoms with Gasteiger partial charge in [-0.25, -0.2) is 4.39 Å². The fraction of sp³-hybridized carbons (Fsp3) is 0.118. The lowest BCUT2D eigenvalue weighted by Gasteiger charge is -2.12. The van der Waals surface area contributed by atoms with Gasteiger partial charge in [0, 0.05) is 43.3 Å². The monoisotopic (exact) mass is 283 g/mol. The van der Waals surface area contributed by atoms with Gasteiger partial charge in [-0.05, 0) is 48.5 Å². The predicted octanol–water partition coefficient (Wildman–Crippen LogP) is 3.70. The second kappa shape index (κ2) is 6.70. The maximum Gasteiger partial charge on any atom is 0.187 e. The summed E-state index contributed by atoms with van der Waals surface area (Å²) in [5, 5.41) is 3.03. The Morgan fingerprint density at radius 3 is 2.24 bits per heavy atom. The third-order valence-corrected chi connectivity index (χ3v) is 3.00. The second-order valence-corrected chi connectivity index (χ2v) is 4.79. The van der Waals surface area contributed by atoms with Crippen LogP contribution >= 0.6 is 0 Å². The molecule has 21 heavy (non-hydrogen) atoms. The number of anilines is 2. The van der Waals surface area contributed by atoms with E-state index in [9.17, 15) is 9.18 Å². The molecule has 0 fully saturated rings. The van der Waals surface area contributed by atoms with E-state index in [2.05, 4.69) is 5.32 Å². The third kappa shape index (κ3) is 4.18. The topological polar surface area (TPSA) is 32.3 Å². The molecule has 0 spiro atoms. The number of hydrogen-bond donors (Lipinski definition) is 1. The Morgan fingerprint density at radius 1 is 1.05 bits per heavy atom. The van der Waals surface area contributed by atoms with E-state index in [4.69, 9.17) is 0 Å². The molecule has 1 N–H and O–H groups in total. The molecular formula is C17H17FN2O. The van der Waals surface area contributed by atoms with Crippen LogP contribution in [0.15, 0.2) is 60.8 Å². The SMILES string of the molecule is CN(C)c1ccc(NC=CC(=O)c2ccc([18F])cc2)cc1. The smallest absolute Gasteiger partial charge is 0.187 e.